The number of aliphatic hydroxyl groups is 1. The number of aryl methyl sites for hydroxylation is 1. The van der Waals surface area contributed by atoms with Crippen LogP contribution in [0.1, 0.15) is 25.3 Å². The maximum atomic E-state index is 10.8. The van der Waals surface area contributed by atoms with Crippen LogP contribution in [0.25, 0.3) is 0 Å². The molecule has 0 bridgehead atoms. The minimum absolute atomic E-state index is 0.271. The molecule has 1 aromatic carbocycles. The first-order valence-corrected chi connectivity index (χ1v) is 5.55. The second-order valence-electron chi connectivity index (χ2n) is 3.93. The number of nitro benzene ring substituents is 2. The van der Waals surface area contributed by atoms with E-state index < -0.39 is 16.0 Å². The topological polar surface area (TPSA) is 107 Å². The van der Waals surface area contributed by atoms with Crippen molar-refractivity contribution in [1.29, 1.82) is 0 Å². The van der Waals surface area contributed by atoms with E-state index in [0.29, 0.717) is 24.8 Å². The van der Waals surface area contributed by atoms with Crippen molar-refractivity contribution in [3.63, 3.8) is 0 Å². The van der Waals surface area contributed by atoms with Crippen molar-refractivity contribution in [1.82, 2.24) is 0 Å². The van der Waals surface area contributed by atoms with E-state index in [1.165, 1.54) is 12.1 Å². The van der Waals surface area contributed by atoms with Crippen molar-refractivity contribution < 1.29 is 15.0 Å². The van der Waals surface area contributed by atoms with Gasteiger partial charge in [0.2, 0.25) is 0 Å². The van der Waals surface area contributed by atoms with Crippen molar-refractivity contribution in [3.8, 4) is 0 Å². The van der Waals surface area contributed by atoms with E-state index in [9.17, 15) is 25.3 Å². The quantitative estimate of drug-likeness (QED) is 0.618. The lowest BCUT2D eigenvalue weighted by atomic mass is 10.0. The number of hydrogen-bond donors (Lipinski definition) is 1. The van der Waals surface area contributed by atoms with E-state index in [4.69, 9.17) is 0 Å². The smallest absolute Gasteiger partial charge is 0.279 e. The number of non-ortho nitro benzene ring substituents is 1. The van der Waals surface area contributed by atoms with Crippen LogP contribution in [-0.4, -0.2) is 21.1 Å². The Morgan fingerprint density at radius 1 is 1.28 bits per heavy atom. The molecule has 7 nitrogen and oxygen atoms in total. The van der Waals surface area contributed by atoms with Crippen molar-refractivity contribution in [2.24, 2.45) is 0 Å². The van der Waals surface area contributed by atoms with Crippen molar-refractivity contribution in [2.75, 3.05) is 0 Å². The molecule has 1 atom stereocenters. The van der Waals surface area contributed by atoms with Crippen LogP contribution in [0.2, 0.25) is 0 Å². The Labute approximate surface area is 103 Å². The summed E-state index contributed by atoms with van der Waals surface area (Å²) in [4.78, 5) is 20.1. The molecule has 0 fully saturated rings. The van der Waals surface area contributed by atoms with Gasteiger partial charge in [-0.05, 0) is 25.3 Å². The van der Waals surface area contributed by atoms with E-state index in [1.54, 1.807) is 0 Å². The fraction of sp³-hybridized carbons (Fsp3) is 0.455. The van der Waals surface area contributed by atoms with Gasteiger partial charge in [-0.3, -0.25) is 20.2 Å². The molecule has 1 N–H and O–H groups in total. The van der Waals surface area contributed by atoms with Crippen molar-refractivity contribution >= 4 is 11.4 Å². The van der Waals surface area contributed by atoms with Crippen LogP contribution in [-0.2, 0) is 6.42 Å². The SMILES string of the molecule is CCC(O)CCc1ccc([N+](=O)[O-])cc1[N+](=O)[O-]. The molecule has 1 aromatic rings. The molecule has 0 spiro atoms. The standard InChI is InChI=1S/C11H14N2O5/c1-2-10(14)6-4-8-3-5-9(12(15)16)7-11(8)13(17)18/h3,5,7,10,14H,2,4,6H2,1H3. The van der Waals surface area contributed by atoms with Crippen molar-refractivity contribution in [2.45, 2.75) is 32.3 Å². The predicted molar refractivity (Wildman–Crippen MR) is 64.4 cm³/mol. The summed E-state index contributed by atoms with van der Waals surface area (Å²) in [5, 5.41) is 30.8. The van der Waals surface area contributed by atoms with Gasteiger partial charge in [-0.1, -0.05) is 6.92 Å². The molecule has 0 aliphatic carbocycles. The zero-order chi connectivity index (χ0) is 13.7. The molecule has 0 radical (unpaired) electrons. The maximum Gasteiger partial charge on any atom is 0.279 e. The first-order valence-electron chi connectivity index (χ1n) is 5.55. The second kappa shape index (κ2) is 6.06. The molecule has 7 heteroatoms. The van der Waals surface area contributed by atoms with Gasteiger partial charge in [0.05, 0.1) is 22.0 Å². The first-order chi connectivity index (χ1) is 8.45. The summed E-state index contributed by atoms with van der Waals surface area (Å²) in [7, 11) is 0. The molecular formula is C11H14N2O5. The molecule has 0 aromatic heterocycles. The molecule has 1 rings (SSSR count). The molecule has 0 aliphatic rings. The van der Waals surface area contributed by atoms with E-state index >= 15 is 0 Å². The summed E-state index contributed by atoms with van der Waals surface area (Å²) in [5.41, 5.74) is -0.174. The highest BCUT2D eigenvalue weighted by Crippen LogP contribution is 2.26. The Balaban J connectivity index is 2.97. The second-order valence-corrected chi connectivity index (χ2v) is 3.93. The van der Waals surface area contributed by atoms with Crippen LogP contribution in [0, 0.1) is 20.2 Å². The van der Waals surface area contributed by atoms with Gasteiger partial charge in [0.1, 0.15) is 0 Å². The zero-order valence-electron chi connectivity index (χ0n) is 9.91. The number of hydrogen-bond acceptors (Lipinski definition) is 5. The number of rotatable bonds is 6. The Morgan fingerprint density at radius 2 is 1.94 bits per heavy atom. The summed E-state index contributed by atoms with van der Waals surface area (Å²) in [6.07, 6.45) is 0.777. The van der Waals surface area contributed by atoms with E-state index in [-0.39, 0.29) is 11.4 Å². The van der Waals surface area contributed by atoms with Gasteiger partial charge < -0.3 is 5.11 Å². The monoisotopic (exact) mass is 254 g/mol. The highest BCUT2D eigenvalue weighted by atomic mass is 16.6. The molecule has 0 aliphatic heterocycles. The molecule has 18 heavy (non-hydrogen) atoms. The van der Waals surface area contributed by atoms with Crippen LogP contribution in [0.5, 0.6) is 0 Å². The normalized spacial score (nSPS) is 12.1. The van der Waals surface area contributed by atoms with E-state index in [1.807, 2.05) is 6.92 Å². The van der Waals surface area contributed by atoms with Crippen molar-refractivity contribution in [3.05, 3.63) is 44.0 Å². The molecule has 1 unspecified atom stereocenters. The van der Waals surface area contributed by atoms with Gasteiger partial charge in [0.25, 0.3) is 11.4 Å². The lowest BCUT2D eigenvalue weighted by molar-refractivity contribution is -0.394. The van der Waals surface area contributed by atoms with Crippen LogP contribution in [0.3, 0.4) is 0 Å². The van der Waals surface area contributed by atoms with Gasteiger partial charge in [0, 0.05) is 11.6 Å². The summed E-state index contributed by atoms with van der Waals surface area (Å²) in [5.74, 6) is 0. The average Bonchev–Trinajstić information content (AvgIpc) is 2.35. The van der Waals surface area contributed by atoms with Crippen LogP contribution in [0.15, 0.2) is 18.2 Å². The van der Waals surface area contributed by atoms with Gasteiger partial charge in [-0.15, -0.1) is 0 Å². The Bertz CT molecular complexity index is 461. The average molecular weight is 254 g/mol. The number of nitrogens with zero attached hydrogens (tertiary/aromatic N) is 2. The molecule has 0 saturated carbocycles. The Hall–Kier alpha value is -2.02. The highest BCUT2D eigenvalue weighted by Gasteiger charge is 2.19. The Kier molecular flexibility index (Phi) is 4.73. The summed E-state index contributed by atoms with van der Waals surface area (Å²) in [6.45, 7) is 1.81. The fourth-order valence-corrected chi connectivity index (χ4v) is 1.57. The maximum absolute atomic E-state index is 10.8. The lowest BCUT2D eigenvalue weighted by Crippen LogP contribution is -2.07. The predicted octanol–water partition coefficient (Wildman–Crippen LogP) is 2.21. The summed E-state index contributed by atoms with van der Waals surface area (Å²) in [6, 6.07) is 3.56. The molecular weight excluding hydrogens is 240 g/mol. The Morgan fingerprint density at radius 3 is 2.44 bits per heavy atom. The first kappa shape index (κ1) is 14.0. The minimum atomic E-state index is -0.669. The summed E-state index contributed by atoms with van der Waals surface area (Å²) >= 11 is 0. The van der Waals surface area contributed by atoms with Crippen LogP contribution >= 0.6 is 0 Å². The highest BCUT2D eigenvalue weighted by molar-refractivity contribution is 5.49. The van der Waals surface area contributed by atoms with Gasteiger partial charge in [-0.2, -0.15) is 0 Å². The van der Waals surface area contributed by atoms with Gasteiger partial charge in [-0.25, -0.2) is 0 Å². The van der Waals surface area contributed by atoms with Crippen LogP contribution in [0.4, 0.5) is 11.4 Å². The largest absolute Gasteiger partial charge is 0.393 e. The molecule has 0 saturated heterocycles. The molecule has 0 heterocycles. The number of nitro groups is 2. The third-order valence-corrected chi connectivity index (χ3v) is 2.69. The minimum Gasteiger partial charge on any atom is -0.393 e. The van der Waals surface area contributed by atoms with Gasteiger partial charge >= 0.3 is 0 Å². The lowest BCUT2D eigenvalue weighted by Gasteiger charge is -2.07. The number of aliphatic hydroxyl groups excluding tert-OH is 1. The fourth-order valence-electron chi connectivity index (χ4n) is 1.57. The third-order valence-electron chi connectivity index (χ3n) is 2.69. The number of benzene rings is 1. The van der Waals surface area contributed by atoms with Crippen LogP contribution < -0.4 is 0 Å². The molecule has 98 valence electrons. The summed E-state index contributed by atoms with van der Waals surface area (Å²) < 4.78 is 0. The van der Waals surface area contributed by atoms with E-state index in [2.05, 4.69) is 0 Å². The zero-order valence-corrected chi connectivity index (χ0v) is 9.91. The van der Waals surface area contributed by atoms with E-state index in [0.717, 1.165) is 6.07 Å². The van der Waals surface area contributed by atoms with Gasteiger partial charge in [0.15, 0.2) is 0 Å². The third kappa shape index (κ3) is 3.49. The molecule has 0 amide bonds.